The van der Waals surface area contributed by atoms with Gasteiger partial charge in [0.15, 0.2) is 10.7 Å². The van der Waals surface area contributed by atoms with Crippen molar-refractivity contribution in [3.63, 3.8) is 0 Å². The average molecular weight is 416 g/mol. The summed E-state index contributed by atoms with van der Waals surface area (Å²) in [6, 6.07) is 19.0. The summed E-state index contributed by atoms with van der Waals surface area (Å²) in [5, 5.41) is 5.97. The van der Waals surface area contributed by atoms with Crippen LogP contribution in [-0.4, -0.2) is 16.0 Å². The number of aromatic nitrogens is 1. The van der Waals surface area contributed by atoms with Crippen LogP contribution >= 0.6 is 12.2 Å². The van der Waals surface area contributed by atoms with Crippen molar-refractivity contribution in [3.05, 3.63) is 82.9 Å². The Hall–Kier alpha value is -3.51. The molecule has 0 atom stereocenters. The lowest BCUT2D eigenvalue weighted by Gasteiger charge is -2.10. The summed E-state index contributed by atoms with van der Waals surface area (Å²) in [4.78, 5) is 17.0. The Kier molecular flexibility index (Phi) is 5.33. The van der Waals surface area contributed by atoms with Gasteiger partial charge in [0.25, 0.3) is 5.91 Å². The molecule has 0 radical (unpaired) electrons. The largest absolute Gasteiger partial charge is 0.436 e. The Bertz CT molecular complexity index is 1280. The third kappa shape index (κ3) is 4.09. The van der Waals surface area contributed by atoms with E-state index in [1.54, 1.807) is 6.07 Å². The summed E-state index contributed by atoms with van der Waals surface area (Å²) in [7, 11) is 0. The van der Waals surface area contributed by atoms with Gasteiger partial charge in [0.2, 0.25) is 5.89 Å². The number of carbonyl (C=O) groups excluding carboxylic acids is 1. The van der Waals surface area contributed by atoms with E-state index in [0.29, 0.717) is 22.6 Å². The van der Waals surface area contributed by atoms with Gasteiger partial charge in [0.05, 0.1) is 0 Å². The highest BCUT2D eigenvalue weighted by molar-refractivity contribution is 7.80. The molecule has 30 heavy (non-hydrogen) atoms. The monoisotopic (exact) mass is 415 g/mol. The van der Waals surface area contributed by atoms with Gasteiger partial charge in [-0.2, -0.15) is 0 Å². The van der Waals surface area contributed by atoms with Gasteiger partial charge in [0, 0.05) is 16.8 Å². The molecule has 0 saturated carbocycles. The maximum absolute atomic E-state index is 12.4. The lowest BCUT2D eigenvalue weighted by atomic mass is 10.1. The average Bonchev–Trinajstić information content (AvgIpc) is 3.13. The lowest BCUT2D eigenvalue weighted by Crippen LogP contribution is -2.34. The minimum absolute atomic E-state index is 0.223. The normalized spacial score (nSPS) is 10.8. The van der Waals surface area contributed by atoms with E-state index >= 15 is 0 Å². The second-order valence-corrected chi connectivity index (χ2v) is 7.63. The van der Waals surface area contributed by atoms with E-state index in [4.69, 9.17) is 16.6 Å². The Morgan fingerprint density at radius 1 is 0.933 bits per heavy atom. The van der Waals surface area contributed by atoms with Crippen molar-refractivity contribution in [1.82, 2.24) is 10.3 Å². The fraction of sp³-hybridized carbons (Fsp3) is 0.125. The Labute approximate surface area is 180 Å². The molecule has 1 aromatic heterocycles. The van der Waals surface area contributed by atoms with Crippen LogP contribution in [0.4, 0.5) is 5.69 Å². The molecular formula is C24H21N3O2S. The Balaban J connectivity index is 1.51. The highest BCUT2D eigenvalue weighted by Gasteiger charge is 2.12. The number of carbonyl (C=O) groups is 1. The number of amides is 1. The number of nitrogens with zero attached hydrogens (tertiary/aromatic N) is 1. The molecule has 150 valence electrons. The number of benzene rings is 3. The number of aryl methyl sites for hydroxylation is 3. The van der Waals surface area contributed by atoms with E-state index in [-0.39, 0.29) is 11.0 Å². The number of thiocarbonyl (C=S) groups is 1. The third-order valence-corrected chi connectivity index (χ3v) is 5.22. The third-order valence-electron chi connectivity index (χ3n) is 5.02. The summed E-state index contributed by atoms with van der Waals surface area (Å²) in [5.41, 5.74) is 6.94. The molecule has 0 bridgehead atoms. The predicted molar refractivity (Wildman–Crippen MR) is 124 cm³/mol. The van der Waals surface area contributed by atoms with Crippen molar-refractivity contribution in [2.24, 2.45) is 0 Å². The van der Waals surface area contributed by atoms with Gasteiger partial charge in [-0.25, -0.2) is 4.98 Å². The van der Waals surface area contributed by atoms with Gasteiger partial charge in [-0.05, 0) is 86.1 Å². The second kappa shape index (κ2) is 8.08. The lowest BCUT2D eigenvalue weighted by molar-refractivity contribution is 0.0977. The second-order valence-electron chi connectivity index (χ2n) is 7.22. The van der Waals surface area contributed by atoms with Crippen LogP contribution in [0.1, 0.15) is 27.0 Å². The minimum Gasteiger partial charge on any atom is -0.436 e. The van der Waals surface area contributed by atoms with Crippen LogP contribution in [0.15, 0.2) is 65.1 Å². The number of anilines is 1. The molecule has 0 fully saturated rings. The van der Waals surface area contributed by atoms with Crippen LogP contribution in [0.2, 0.25) is 0 Å². The minimum atomic E-state index is -0.245. The first-order chi connectivity index (χ1) is 14.4. The first-order valence-corrected chi connectivity index (χ1v) is 9.98. The zero-order valence-electron chi connectivity index (χ0n) is 16.9. The van der Waals surface area contributed by atoms with Crippen LogP contribution in [0.5, 0.6) is 0 Å². The van der Waals surface area contributed by atoms with Crippen LogP contribution in [0, 0.1) is 20.8 Å². The number of fused-ring (bicyclic) bond motifs is 1. The predicted octanol–water partition coefficient (Wildman–Crippen LogP) is 5.55. The van der Waals surface area contributed by atoms with E-state index in [1.807, 2.05) is 49.4 Å². The fourth-order valence-corrected chi connectivity index (χ4v) is 3.37. The fourth-order valence-electron chi connectivity index (χ4n) is 3.16. The summed E-state index contributed by atoms with van der Waals surface area (Å²) >= 11 is 5.30. The van der Waals surface area contributed by atoms with Gasteiger partial charge in [-0.1, -0.05) is 24.3 Å². The van der Waals surface area contributed by atoms with Gasteiger partial charge < -0.3 is 9.73 Å². The summed E-state index contributed by atoms with van der Waals surface area (Å²) < 4.78 is 5.90. The van der Waals surface area contributed by atoms with E-state index in [2.05, 4.69) is 41.6 Å². The van der Waals surface area contributed by atoms with Gasteiger partial charge >= 0.3 is 0 Å². The molecule has 0 aliphatic heterocycles. The van der Waals surface area contributed by atoms with E-state index < -0.39 is 0 Å². The van der Waals surface area contributed by atoms with E-state index in [0.717, 1.165) is 16.8 Å². The molecule has 2 N–H and O–H groups in total. The number of rotatable bonds is 3. The molecule has 1 amide bonds. The Morgan fingerprint density at radius 2 is 1.73 bits per heavy atom. The number of nitrogens with one attached hydrogen (secondary N) is 2. The smallest absolute Gasteiger partial charge is 0.257 e. The quantitative estimate of drug-likeness (QED) is 0.430. The van der Waals surface area contributed by atoms with Gasteiger partial charge in [0.1, 0.15) is 5.52 Å². The standard InChI is InChI=1S/C24H21N3O2S/c1-14-8-9-17(12-16(14)3)23-26-20-13-18(10-11-21(20)29-23)25-24(30)27-22(28)19-7-5-4-6-15(19)2/h4-13H,1-3H3,(H2,25,27,28,30). The molecule has 1 heterocycles. The molecule has 4 aromatic rings. The molecule has 0 saturated heterocycles. The molecule has 0 aliphatic carbocycles. The molecule has 0 unspecified atom stereocenters. The van der Waals surface area contributed by atoms with Crippen molar-refractivity contribution in [1.29, 1.82) is 0 Å². The molecular weight excluding hydrogens is 394 g/mol. The molecule has 5 nitrogen and oxygen atoms in total. The highest BCUT2D eigenvalue weighted by atomic mass is 32.1. The molecule has 0 spiro atoms. The van der Waals surface area contributed by atoms with Crippen LogP contribution < -0.4 is 10.6 Å². The van der Waals surface area contributed by atoms with Crippen molar-refractivity contribution >= 4 is 40.0 Å². The zero-order valence-corrected chi connectivity index (χ0v) is 17.8. The highest BCUT2D eigenvalue weighted by Crippen LogP contribution is 2.27. The maximum Gasteiger partial charge on any atom is 0.257 e. The van der Waals surface area contributed by atoms with Gasteiger partial charge in [-0.3, -0.25) is 10.1 Å². The summed E-state index contributed by atoms with van der Waals surface area (Å²) in [5.74, 6) is 0.325. The van der Waals surface area contributed by atoms with Crippen LogP contribution in [-0.2, 0) is 0 Å². The first-order valence-electron chi connectivity index (χ1n) is 9.57. The molecule has 4 rings (SSSR count). The van der Waals surface area contributed by atoms with Crippen LogP contribution in [0.25, 0.3) is 22.6 Å². The first kappa shape index (κ1) is 19.8. The Morgan fingerprint density at radius 3 is 2.50 bits per heavy atom. The summed E-state index contributed by atoms with van der Waals surface area (Å²) in [6.07, 6.45) is 0. The van der Waals surface area contributed by atoms with Gasteiger partial charge in [-0.15, -0.1) is 0 Å². The molecule has 3 aromatic carbocycles. The topological polar surface area (TPSA) is 67.2 Å². The van der Waals surface area contributed by atoms with Crippen molar-refractivity contribution < 1.29 is 9.21 Å². The van der Waals surface area contributed by atoms with Crippen molar-refractivity contribution in [2.45, 2.75) is 20.8 Å². The van der Waals surface area contributed by atoms with E-state index in [1.165, 1.54) is 11.1 Å². The van der Waals surface area contributed by atoms with Crippen molar-refractivity contribution in [2.75, 3.05) is 5.32 Å². The van der Waals surface area contributed by atoms with Crippen LogP contribution in [0.3, 0.4) is 0 Å². The number of oxazole rings is 1. The maximum atomic E-state index is 12.4. The number of hydrogen-bond donors (Lipinski definition) is 2. The number of hydrogen-bond acceptors (Lipinski definition) is 4. The SMILES string of the molecule is Cc1ccc(-c2nc3cc(NC(=S)NC(=O)c4ccccc4C)ccc3o2)cc1C. The summed E-state index contributed by atoms with van der Waals surface area (Å²) in [6.45, 7) is 6.02. The molecule has 0 aliphatic rings. The van der Waals surface area contributed by atoms with E-state index in [9.17, 15) is 4.79 Å². The zero-order chi connectivity index (χ0) is 21.3. The van der Waals surface area contributed by atoms with Crippen molar-refractivity contribution in [3.8, 4) is 11.5 Å². The molecule has 6 heteroatoms.